The smallest absolute Gasteiger partial charge is 0.328 e. The second-order valence-electron chi connectivity index (χ2n) is 9.93. The molecule has 0 aliphatic heterocycles. The van der Waals surface area contributed by atoms with Gasteiger partial charge >= 0.3 is 40.8 Å². The van der Waals surface area contributed by atoms with Gasteiger partial charge < -0.3 is 14.5 Å². The molecule has 0 unspecified atom stereocenters. The molecule has 4 aromatic heterocycles. The molecule has 230 valence electrons. The van der Waals surface area contributed by atoms with Crippen molar-refractivity contribution in [3.05, 3.63) is 146 Å². The summed E-state index contributed by atoms with van der Waals surface area (Å²) in [5.74, 6) is 0.509. The third kappa shape index (κ3) is 7.00. The van der Waals surface area contributed by atoms with E-state index < -0.39 is 0 Å². The molecule has 0 radical (unpaired) electrons. The van der Waals surface area contributed by atoms with E-state index in [9.17, 15) is 0 Å². The van der Waals surface area contributed by atoms with Gasteiger partial charge in [-0.25, -0.2) is 15.0 Å². The molecule has 0 aliphatic carbocycles. The molecule has 0 saturated heterocycles. The number of fused-ring (bicyclic) bond motifs is 3. The van der Waals surface area contributed by atoms with E-state index in [4.69, 9.17) is 0 Å². The molecule has 8 aromatic rings. The Balaban J connectivity index is 0.00000193. The van der Waals surface area contributed by atoms with Crippen LogP contribution in [0.15, 0.2) is 142 Å². The van der Waals surface area contributed by atoms with Crippen molar-refractivity contribution in [2.24, 2.45) is 0 Å². The summed E-state index contributed by atoms with van der Waals surface area (Å²) >= 11 is 3.20. The van der Waals surface area contributed by atoms with Gasteiger partial charge in [0.15, 0.2) is 0 Å². The number of rotatable bonds is 7. The number of aromatic nitrogens is 6. The Morgan fingerprint density at radius 1 is 0.468 bits per heavy atom. The van der Waals surface area contributed by atoms with E-state index in [0.29, 0.717) is 5.95 Å². The van der Waals surface area contributed by atoms with Crippen LogP contribution in [0, 0.1) is 24.3 Å². The summed E-state index contributed by atoms with van der Waals surface area (Å²) in [5, 5.41) is 2.08. The number of nitrogens with zero attached hydrogens (tertiary/aromatic N) is 6. The van der Waals surface area contributed by atoms with Gasteiger partial charge in [0, 0.05) is 12.4 Å². The molecule has 0 spiro atoms. The van der Waals surface area contributed by atoms with Crippen LogP contribution in [0.1, 0.15) is 0 Å². The van der Waals surface area contributed by atoms with Crippen molar-refractivity contribution in [3.63, 3.8) is 0 Å². The zero-order valence-electron chi connectivity index (χ0n) is 24.2. The molecular weight excluding hydrogens is 805 g/mol. The summed E-state index contributed by atoms with van der Waals surface area (Å²) in [6, 6.07) is 46.7. The third-order valence-electron chi connectivity index (χ3n) is 7.07. The first-order valence-corrected chi connectivity index (χ1v) is 15.7. The van der Waals surface area contributed by atoms with Crippen LogP contribution in [-0.2, 0) is 40.8 Å². The molecule has 4 aromatic carbocycles. The van der Waals surface area contributed by atoms with Gasteiger partial charge in [-0.15, -0.1) is 105 Å². The van der Waals surface area contributed by atoms with Crippen LogP contribution < -0.4 is 0 Å². The van der Waals surface area contributed by atoms with E-state index in [-0.39, 0.29) is 40.8 Å². The molecule has 0 amide bonds. The van der Waals surface area contributed by atoms with Crippen molar-refractivity contribution in [2.45, 2.75) is 19.6 Å². The van der Waals surface area contributed by atoms with Crippen LogP contribution in [0.3, 0.4) is 0 Å². The molecule has 0 aliphatic rings. The molecule has 4 heterocycles. The van der Waals surface area contributed by atoms with Crippen molar-refractivity contribution in [1.29, 1.82) is 0 Å². The number of benzene rings is 4. The van der Waals surface area contributed by atoms with Crippen LogP contribution in [-0.4, -0.2) is 29.5 Å². The first kappa shape index (κ1) is 32.9. The van der Waals surface area contributed by atoms with E-state index in [1.54, 1.807) is 35.9 Å². The predicted octanol–water partition coefficient (Wildman–Crippen LogP) is 8.59. The molecule has 0 fully saturated rings. The average molecular weight is 826 g/mol. The van der Waals surface area contributed by atoms with E-state index in [0.717, 1.165) is 63.9 Å². The van der Waals surface area contributed by atoms with Crippen LogP contribution in [0.2, 0.25) is 0 Å². The minimum Gasteiger partial charge on any atom is -0.328 e. The van der Waals surface area contributed by atoms with Crippen LogP contribution in [0.5, 0.6) is 0 Å². The monoisotopic (exact) mass is 824 g/mol. The minimum absolute atomic E-state index is 0. The predicted molar refractivity (Wildman–Crippen MR) is 177 cm³/mol. The molecule has 0 atom stereocenters. The third-order valence-corrected chi connectivity index (χ3v) is 8.90. The minimum atomic E-state index is 0. The topological polar surface area (TPSA) is 69.4 Å². The fraction of sp³-hybridized carbons (Fsp3) is 0. The second kappa shape index (κ2) is 14.8. The van der Waals surface area contributed by atoms with Crippen LogP contribution in [0.25, 0.3) is 50.3 Å². The van der Waals surface area contributed by atoms with E-state index >= 15 is 0 Å². The Morgan fingerprint density at radius 3 is 1.43 bits per heavy atom. The quantitative estimate of drug-likeness (QED) is 0.118. The Morgan fingerprint density at radius 2 is 0.957 bits per heavy atom. The van der Waals surface area contributed by atoms with Gasteiger partial charge in [0.1, 0.15) is 12.7 Å². The molecule has 8 rings (SSSR count). The van der Waals surface area contributed by atoms with E-state index in [2.05, 4.69) is 73.5 Å². The van der Waals surface area contributed by atoms with Crippen molar-refractivity contribution < 1.29 is 40.8 Å². The molecule has 0 bridgehead atoms. The molecule has 6 nitrogen and oxygen atoms in total. The molecule has 47 heavy (non-hydrogen) atoms. The van der Waals surface area contributed by atoms with E-state index in [1.165, 1.54) is 12.7 Å². The Hall–Kier alpha value is -3.99. The van der Waals surface area contributed by atoms with Gasteiger partial charge in [-0.1, -0.05) is 45.1 Å². The maximum Gasteiger partial charge on any atom is 2.00 e. The summed E-state index contributed by atoms with van der Waals surface area (Å²) < 4.78 is 2.00. The largest absolute Gasteiger partial charge is 2.00 e. The van der Waals surface area contributed by atoms with Crippen molar-refractivity contribution in [3.8, 4) is 28.5 Å². The number of hydrogen-bond acceptors (Lipinski definition) is 7. The first-order valence-electron chi connectivity index (χ1n) is 14.1. The molecule has 0 N–H and O–H groups in total. The van der Waals surface area contributed by atoms with Gasteiger partial charge in [-0.05, 0) is 23.5 Å². The summed E-state index contributed by atoms with van der Waals surface area (Å²) in [6.07, 6.45) is 6.60. The van der Waals surface area contributed by atoms with Gasteiger partial charge in [-0.3, -0.25) is 0 Å². The first-order chi connectivity index (χ1) is 22.3. The van der Waals surface area contributed by atoms with Crippen LogP contribution in [0.4, 0.5) is 0 Å². The van der Waals surface area contributed by atoms with Gasteiger partial charge in [0.2, 0.25) is 5.95 Å². The maximum atomic E-state index is 4.50. The van der Waals surface area contributed by atoms with Gasteiger partial charge in [-0.2, -0.15) is 35.0 Å². The van der Waals surface area contributed by atoms with Crippen LogP contribution >= 0.6 is 23.5 Å². The second-order valence-corrected chi connectivity index (χ2v) is 12.1. The average Bonchev–Trinajstić information content (AvgIpc) is 3.42. The molecule has 10 heteroatoms. The summed E-state index contributed by atoms with van der Waals surface area (Å²) in [6.45, 7) is 0. The number of pyridine rings is 2. The maximum absolute atomic E-state index is 4.50. The Kier molecular flexibility index (Phi) is 10.4. The SMILES string of the molecule is [Pd+2].[Pd+2].[c-]1c(Sc2[c-]c3c(cc2)c2ccc(Sc4[c-]c(-c5ccccn5)ccc4)[c-]c2n3-c2ncncn2)cccc1-c1ccccn1. The summed E-state index contributed by atoms with van der Waals surface area (Å²) in [7, 11) is 0. The Bertz CT molecular complexity index is 2140. The fourth-order valence-electron chi connectivity index (χ4n) is 5.09. The molecule has 0 saturated carbocycles. The Labute approximate surface area is 307 Å². The molecular formula is C37H20N6Pd2S2. The zero-order valence-corrected chi connectivity index (χ0v) is 28.9. The summed E-state index contributed by atoms with van der Waals surface area (Å²) in [4.78, 5) is 25.9. The van der Waals surface area contributed by atoms with Crippen molar-refractivity contribution in [2.75, 3.05) is 0 Å². The zero-order chi connectivity index (χ0) is 30.0. The summed E-state index contributed by atoms with van der Waals surface area (Å²) in [5.41, 5.74) is 5.40. The van der Waals surface area contributed by atoms with Gasteiger partial charge in [0.25, 0.3) is 0 Å². The standard InChI is InChI=1S/C37H20N6S2.2Pd/c1-3-17-39-33(11-1)25-7-5-9-27(19-25)44-29-13-15-31-32-16-14-30(22-36(32)43(35(31)21-29)37-41-23-38-24-42-37)45-28-10-6-8-26(20-28)34-12-2-4-18-40-34;;/h1-18,23-24H;;/q-4;2*+2. The van der Waals surface area contributed by atoms with Crippen molar-refractivity contribution >= 4 is 45.3 Å². The number of hydrogen-bond donors (Lipinski definition) is 0. The van der Waals surface area contributed by atoms with Crippen molar-refractivity contribution in [1.82, 2.24) is 29.5 Å². The van der Waals surface area contributed by atoms with E-state index in [1.807, 2.05) is 77.4 Å². The normalized spacial score (nSPS) is 10.8. The fourth-order valence-corrected chi connectivity index (χ4v) is 6.75. The van der Waals surface area contributed by atoms with Gasteiger partial charge in [0.05, 0.1) is 0 Å².